The van der Waals surface area contributed by atoms with Crippen LogP contribution < -0.4 is 5.73 Å². The number of anilines is 1. The Morgan fingerprint density at radius 3 is 2.36 bits per heavy atom. The number of carbonyl (C=O) groups excluding carboxylic acids is 2. The Hall–Kier alpha value is -1.89. The number of likely N-dealkylation sites (tertiary alicyclic amines) is 1. The van der Waals surface area contributed by atoms with Crippen molar-refractivity contribution >= 4 is 29.5 Å². The van der Waals surface area contributed by atoms with Gasteiger partial charge in [0.25, 0.3) is 0 Å². The molecule has 2 rings (SSSR count). The number of carbonyl (C=O) groups is 2. The molecule has 0 aliphatic carbocycles. The highest BCUT2D eigenvalue weighted by Gasteiger charge is 2.39. The van der Waals surface area contributed by atoms with Gasteiger partial charge in [0.05, 0.1) is 0 Å². The summed E-state index contributed by atoms with van der Waals surface area (Å²) in [7, 11) is 0. The predicted molar refractivity (Wildman–Crippen MR) is 112 cm³/mol. The Balaban J connectivity index is 2.15. The molecule has 0 aromatic heterocycles. The molecule has 1 aliphatic heterocycles. The summed E-state index contributed by atoms with van der Waals surface area (Å²) in [6, 6.07) is 7.46. The number of thioether (sulfide) groups is 1. The van der Waals surface area contributed by atoms with Gasteiger partial charge in [-0.05, 0) is 66.2 Å². The third-order valence-corrected chi connectivity index (χ3v) is 5.42. The number of benzene rings is 1. The second-order valence-electron chi connectivity index (χ2n) is 9.12. The fourth-order valence-electron chi connectivity index (χ4n) is 2.96. The molecule has 0 spiro atoms. The molecule has 1 fully saturated rings. The van der Waals surface area contributed by atoms with Crippen LogP contribution in [0.5, 0.6) is 0 Å². The predicted octanol–water partition coefficient (Wildman–Crippen LogP) is 4.33. The average molecular weight is 409 g/mol. The van der Waals surface area contributed by atoms with E-state index in [-0.39, 0.29) is 18.0 Å². The smallest absolute Gasteiger partial charge is 0.410 e. The Morgan fingerprint density at radius 2 is 1.79 bits per heavy atom. The van der Waals surface area contributed by atoms with Crippen LogP contribution >= 0.6 is 11.8 Å². The monoisotopic (exact) mass is 408 g/mol. The first-order valence-electron chi connectivity index (χ1n) is 9.57. The van der Waals surface area contributed by atoms with Crippen molar-refractivity contribution in [3.63, 3.8) is 0 Å². The summed E-state index contributed by atoms with van der Waals surface area (Å²) >= 11 is 1.44. The van der Waals surface area contributed by atoms with E-state index < -0.39 is 16.5 Å². The summed E-state index contributed by atoms with van der Waals surface area (Å²) in [4.78, 5) is 27.9. The van der Waals surface area contributed by atoms with Crippen LogP contribution in [0.25, 0.3) is 0 Å². The van der Waals surface area contributed by atoms with E-state index in [1.807, 2.05) is 65.8 Å². The van der Waals surface area contributed by atoms with Crippen LogP contribution in [0.2, 0.25) is 0 Å². The number of nitrogens with zero attached hydrogens (tertiary/aromatic N) is 1. The van der Waals surface area contributed by atoms with Gasteiger partial charge in [-0.2, -0.15) is 0 Å². The number of nitrogen functional groups attached to an aromatic ring is 1. The molecule has 0 bridgehead atoms. The third-order valence-electron chi connectivity index (χ3n) is 4.06. The van der Waals surface area contributed by atoms with Crippen LogP contribution in [-0.2, 0) is 14.3 Å². The lowest BCUT2D eigenvalue weighted by Gasteiger charge is -2.28. The number of nitrogens with two attached hydrogens (primary N) is 1. The second kappa shape index (κ2) is 8.64. The van der Waals surface area contributed by atoms with Crippen molar-refractivity contribution in [1.29, 1.82) is 0 Å². The second-order valence-corrected chi connectivity index (χ2v) is 10.3. The van der Waals surface area contributed by atoms with E-state index in [1.54, 1.807) is 4.90 Å². The summed E-state index contributed by atoms with van der Waals surface area (Å²) < 4.78 is 11.1. The highest BCUT2D eigenvalue weighted by atomic mass is 32.2. The van der Waals surface area contributed by atoms with Gasteiger partial charge >= 0.3 is 12.1 Å². The normalized spacial score (nSPS) is 18.6. The molecule has 1 aromatic carbocycles. The van der Waals surface area contributed by atoms with Gasteiger partial charge in [0.1, 0.15) is 16.5 Å². The van der Waals surface area contributed by atoms with Crippen LogP contribution in [0.15, 0.2) is 29.2 Å². The van der Waals surface area contributed by atoms with E-state index in [2.05, 4.69) is 0 Å². The molecule has 2 N–H and O–H groups in total. The first-order valence-corrected chi connectivity index (χ1v) is 10.4. The topological polar surface area (TPSA) is 81.9 Å². The summed E-state index contributed by atoms with van der Waals surface area (Å²) in [5.41, 5.74) is 5.42. The van der Waals surface area contributed by atoms with Gasteiger partial charge in [0.15, 0.2) is 0 Å². The number of hydrogen-bond donors (Lipinski definition) is 1. The van der Waals surface area contributed by atoms with Crippen molar-refractivity contribution in [2.45, 2.75) is 69.3 Å². The maximum Gasteiger partial charge on any atom is 0.410 e. The molecule has 1 aromatic rings. The maximum atomic E-state index is 12.9. The van der Waals surface area contributed by atoms with Crippen molar-refractivity contribution in [3.8, 4) is 0 Å². The zero-order valence-electron chi connectivity index (χ0n) is 17.7. The minimum atomic E-state index is -0.574. The summed E-state index contributed by atoms with van der Waals surface area (Å²) in [5, 5.41) is -0.423. The van der Waals surface area contributed by atoms with E-state index in [4.69, 9.17) is 15.2 Å². The molecule has 0 radical (unpaired) electrons. The molecule has 1 aliphatic rings. The van der Waals surface area contributed by atoms with Crippen molar-refractivity contribution in [3.05, 3.63) is 24.3 Å². The summed E-state index contributed by atoms with van der Waals surface area (Å²) in [5.74, 6) is -0.287. The van der Waals surface area contributed by atoms with E-state index in [9.17, 15) is 9.59 Å². The molecular weight excluding hydrogens is 376 g/mol. The standard InChI is InChI=1S/C21H32N2O4S/c1-20(2,3)26-18(24)17(28-16-9-7-8-15(22)12-16)14-10-11-23(13-14)19(25)27-21(4,5)6/h7-9,12,14,17H,10-11,13,22H2,1-6H3/t14-,17?/m0/s1. The van der Waals surface area contributed by atoms with Crippen molar-refractivity contribution < 1.29 is 19.1 Å². The first kappa shape index (κ1) is 22.4. The van der Waals surface area contributed by atoms with Crippen molar-refractivity contribution in [2.24, 2.45) is 5.92 Å². The number of esters is 1. The lowest BCUT2D eigenvalue weighted by Crippen LogP contribution is -2.38. The van der Waals surface area contributed by atoms with Gasteiger partial charge in [0.2, 0.25) is 0 Å². The molecule has 0 saturated carbocycles. The molecule has 1 unspecified atom stereocenters. The van der Waals surface area contributed by atoms with Crippen LogP contribution in [0.3, 0.4) is 0 Å². The number of amides is 1. The van der Waals surface area contributed by atoms with Crippen molar-refractivity contribution in [2.75, 3.05) is 18.8 Å². The number of rotatable bonds is 4. The van der Waals surface area contributed by atoms with Gasteiger partial charge < -0.3 is 20.1 Å². The van der Waals surface area contributed by atoms with Gasteiger partial charge in [-0.25, -0.2) is 4.79 Å². The van der Waals surface area contributed by atoms with Gasteiger partial charge in [0, 0.05) is 29.6 Å². The van der Waals surface area contributed by atoms with Gasteiger partial charge in [-0.3, -0.25) is 4.79 Å². The molecule has 1 heterocycles. The Kier molecular flexibility index (Phi) is 6.91. The number of ether oxygens (including phenoxy) is 2. The first-order chi connectivity index (χ1) is 12.8. The SMILES string of the molecule is CC(C)(C)OC(=O)C(Sc1cccc(N)c1)[C@H]1CCN(C(=O)OC(C)(C)C)C1. The summed E-state index contributed by atoms with van der Waals surface area (Å²) in [6.45, 7) is 12.1. The molecule has 1 saturated heterocycles. The highest BCUT2D eigenvalue weighted by molar-refractivity contribution is 8.00. The van der Waals surface area contributed by atoms with Crippen LogP contribution in [0, 0.1) is 5.92 Å². The van der Waals surface area contributed by atoms with E-state index in [0.29, 0.717) is 18.8 Å². The van der Waals surface area contributed by atoms with Gasteiger partial charge in [-0.1, -0.05) is 6.07 Å². The molecular formula is C21H32N2O4S. The minimum absolute atomic E-state index is 0.0196. The Morgan fingerprint density at radius 1 is 1.14 bits per heavy atom. The molecule has 156 valence electrons. The third kappa shape index (κ3) is 6.93. The molecule has 1 amide bonds. The molecule has 28 heavy (non-hydrogen) atoms. The lowest BCUT2D eigenvalue weighted by atomic mass is 10.0. The fraction of sp³-hybridized carbons (Fsp3) is 0.619. The summed E-state index contributed by atoms with van der Waals surface area (Å²) in [6.07, 6.45) is 0.380. The molecule has 6 nitrogen and oxygen atoms in total. The molecule has 7 heteroatoms. The van der Waals surface area contributed by atoms with E-state index >= 15 is 0 Å². The van der Waals surface area contributed by atoms with Gasteiger partial charge in [-0.15, -0.1) is 11.8 Å². The maximum absolute atomic E-state index is 12.9. The highest BCUT2D eigenvalue weighted by Crippen LogP contribution is 2.36. The van der Waals surface area contributed by atoms with Crippen LogP contribution in [0.4, 0.5) is 10.5 Å². The minimum Gasteiger partial charge on any atom is -0.459 e. The Bertz CT molecular complexity index is 709. The number of hydrogen-bond acceptors (Lipinski definition) is 6. The van der Waals surface area contributed by atoms with Crippen LogP contribution in [0.1, 0.15) is 48.0 Å². The quantitative estimate of drug-likeness (QED) is 0.454. The zero-order chi connectivity index (χ0) is 21.1. The fourth-order valence-corrected chi connectivity index (χ4v) is 4.17. The molecule has 2 atom stereocenters. The van der Waals surface area contributed by atoms with E-state index in [1.165, 1.54) is 11.8 Å². The zero-order valence-corrected chi connectivity index (χ0v) is 18.5. The Labute approximate surface area is 172 Å². The van der Waals surface area contributed by atoms with E-state index in [0.717, 1.165) is 11.3 Å². The lowest BCUT2D eigenvalue weighted by molar-refractivity contribution is -0.155. The largest absolute Gasteiger partial charge is 0.459 e. The van der Waals surface area contributed by atoms with Crippen LogP contribution in [-0.4, -0.2) is 46.5 Å². The average Bonchev–Trinajstić information content (AvgIpc) is 2.99. The van der Waals surface area contributed by atoms with Crippen molar-refractivity contribution in [1.82, 2.24) is 4.90 Å².